The van der Waals surface area contributed by atoms with E-state index in [0.29, 0.717) is 22.8 Å². The van der Waals surface area contributed by atoms with Crippen LogP contribution in [0.5, 0.6) is 0 Å². The quantitative estimate of drug-likeness (QED) is 0.398. The van der Waals surface area contributed by atoms with Crippen LogP contribution >= 0.6 is 11.6 Å². The zero-order valence-electron chi connectivity index (χ0n) is 20.7. The fourth-order valence-electron chi connectivity index (χ4n) is 4.57. The molecule has 182 valence electrons. The number of benzene rings is 1. The van der Waals surface area contributed by atoms with Gasteiger partial charge in [0, 0.05) is 28.4 Å². The lowest BCUT2D eigenvalue weighted by atomic mass is 10.0. The summed E-state index contributed by atoms with van der Waals surface area (Å²) in [5.74, 6) is -0.764. The number of pyridine rings is 1. The Labute approximate surface area is 209 Å². The Morgan fingerprint density at radius 3 is 2.31 bits per heavy atom. The van der Waals surface area contributed by atoms with E-state index >= 15 is 0 Å². The van der Waals surface area contributed by atoms with Crippen LogP contribution in [0.4, 0.5) is 0 Å². The van der Waals surface area contributed by atoms with E-state index in [1.807, 2.05) is 53.1 Å². The molecule has 0 bridgehead atoms. The molecule has 0 saturated carbocycles. The van der Waals surface area contributed by atoms with E-state index in [2.05, 4.69) is 5.10 Å². The third kappa shape index (κ3) is 4.60. The molecule has 8 heteroatoms. The van der Waals surface area contributed by atoms with Crippen LogP contribution in [0.1, 0.15) is 49.6 Å². The molecule has 1 aliphatic rings. The molecule has 1 aromatic carbocycles. The molecule has 3 aromatic rings. The molecule has 0 saturated heterocycles. The van der Waals surface area contributed by atoms with Crippen molar-refractivity contribution in [1.82, 2.24) is 14.7 Å². The molecular formula is C27H30ClN4O3+. The summed E-state index contributed by atoms with van der Waals surface area (Å²) in [5, 5.41) is 3.67. The van der Waals surface area contributed by atoms with Crippen molar-refractivity contribution in [3.8, 4) is 5.69 Å². The Hall–Kier alpha value is -3.45. The average molecular weight is 494 g/mol. The number of aromatic nitrogens is 3. The van der Waals surface area contributed by atoms with Crippen molar-refractivity contribution >= 4 is 34.7 Å². The van der Waals surface area contributed by atoms with Gasteiger partial charge in [0.2, 0.25) is 0 Å². The standard InChI is InChI=1S/C27H29ClN4O3/c1-6-8-21-22(26(34)32(29-21)20-10-7-9-19(28)12-20)23-24(30-14-17(4)11-18(5)15-30)27(35)31(25(23)33)13-16(2)3/h7,9-12,14-16H,6,8,13H2,1-5H3/p+1. The van der Waals surface area contributed by atoms with E-state index in [4.69, 9.17) is 11.6 Å². The number of aromatic amines is 1. The van der Waals surface area contributed by atoms with Crippen molar-refractivity contribution in [2.75, 3.05) is 6.54 Å². The fourth-order valence-corrected chi connectivity index (χ4v) is 4.75. The van der Waals surface area contributed by atoms with Crippen molar-refractivity contribution in [2.24, 2.45) is 5.92 Å². The van der Waals surface area contributed by atoms with Gasteiger partial charge < -0.3 is 0 Å². The summed E-state index contributed by atoms with van der Waals surface area (Å²) < 4.78 is 3.08. The lowest BCUT2D eigenvalue weighted by Gasteiger charge is -2.16. The Morgan fingerprint density at radius 2 is 1.71 bits per heavy atom. The number of carbonyl (C=O) groups excluding carboxylic acids is 2. The van der Waals surface area contributed by atoms with Gasteiger partial charge in [-0.15, -0.1) is 0 Å². The second-order valence-electron chi connectivity index (χ2n) is 9.47. The topological polar surface area (TPSA) is 79.1 Å². The highest BCUT2D eigenvalue weighted by molar-refractivity contribution is 6.44. The SMILES string of the molecule is CCCc1[nH]n(-c2cccc(Cl)c2)c(=O)c1C1=C([n+]2cc(C)cc(C)c2)C(=O)N(CC(C)C)C1=O. The van der Waals surface area contributed by atoms with E-state index in [0.717, 1.165) is 17.5 Å². The van der Waals surface area contributed by atoms with Crippen LogP contribution in [0.15, 0.2) is 47.5 Å². The fraction of sp³-hybridized carbons (Fsp3) is 0.333. The summed E-state index contributed by atoms with van der Waals surface area (Å²) >= 11 is 6.18. The lowest BCUT2D eigenvalue weighted by molar-refractivity contribution is -0.577. The minimum atomic E-state index is -0.447. The van der Waals surface area contributed by atoms with Crippen LogP contribution < -0.4 is 10.1 Å². The van der Waals surface area contributed by atoms with E-state index in [-0.39, 0.29) is 34.9 Å². The van der Waals surface area contributed by atoms with Gasteiger partial charge in [0.1, 0.15) is 5.57 Å². The minimum absolute atomic E-state index is 0.0807. The summed E-state index contributed by atoms with van der Waals surface area (Å²) in [6.07, 6.45) is 4.92. The first kappa shape index (κ1) is 24.7. The zero-order valence-corrected chi connectivity index (χ0v) is 21.4. The van der Waals surface area contributed by atoms with Crippen molar-refractivity contribution in [3.05, 3.63) is 80.5 Å². The van der Waals surface area contributed by atoms with E-state index in [9.17, 15) is 14.4 Å². The molecule has 4 rings (SSSR count). The monoisotopic (exact) mass is 493 g/mol. The third-order valence-electron chi connectivity index (χ3n) is 5.87. The number of hydrogen-bond acceptors (Lipinski definition) is 3. The average Bonchev–Trinajstić information content (AvgIpc) is 3.21. The first-order valence-electron chi connectivity index (χ1n) is 11.8. The van der Waals surface area contributed by atoms with Gasteiger partial charge in [-0.2, -0.15) is 4.57 Å². The van der Waals surface area contributed by atoms with E-state index < -0.39 is 11.8 Å². The maximum atomic E-state index is 13.8. The van der Waals surface area contributed by atoms with Crippen LogP contribution in [0.2, 0.25) is 5.02 Å². The van der Waals surface area contributed by atoms with Crippen LogP contribution in [-0.2, 0) is 16.0 Å². The molecule has 3 heterocycles. The zero-order chi connectivity index (χ0) is 25.4. The first-order valence-corrected chi connectivity index (χ1v) is 12.2. The van der Waals surface area contributed by atoms with Gasteiger partial charge in [0.15, 0.2) is 12.4 Å². The summed E-state index contributed by atoms with van der Waals surface area (Å²) in [6.45, 7) is 10.0. The molecular weight excluding hydrogens is 464 g/mol. The first-order chi connectivity index (χ1) is 16.6. The highest BCUT2D eigenvalue weighted by Crippen LogP contribution is 2.31. The van der Waals surface area contributed by atoms with Gasteiger partial charge in [-0.05, 0) is 50.5 Å². The number of aryl methyl sites for hydroxylation is 3. The molecule has 0 radical (unpaired) electrons. The summed E-state index contributed by atoms with van der Waals surface area (Å²) in [4.78, 5) is 42.5. The molecule has 2 aromatic heterocycles. The number of carbonyl (C=O) groups is 2. The Morgan fingerprint density at radius 1 is 1.03 bits per heavy atom. The molecule has 0 fully saturated rings. The molecule has 0 spiro atoms. The maximum absolute atomic E-state index is 13.8. The summed E-state index contributed by atoms with van der Waals surface area (Å²) in [7, 11) is 0. The van der Waals surface area contributed by atoms with Gasteiger partial charge >= 0.3 is 5.91 Å². The molecule has 7 nitrogen and oxygen atoms in total. The largest absolute Gasteiger partial charge is 0.326 e. The Kier molecular flexibility index (Phi) is 6.81. The van der Waals surface area contributed by atoms with Crippen molar-refractivity contribution < 1.29 is 14.2 Å². The van der Waals surface area contributed by atoms with Crippen LogP contribution in [0.25, 0.3) is 17.0 Å². The predicted molar refractivity (Wildman–Crippen MR) is 136 cm³/mol. The second kappa shape index (κ2) is 9.66. The smallest absolute Gasteiger partial charge is 0.294 e. The Bertz CT molecular complexity index is 1390. The van der Waals surface area contributed by atoms with Crippen molar-refractivity contribution in [2.45, 2.75) is 47.5 Å². The maximum Gasteiger partial charge on any atom is 0.326 e. The van der Waals surface area contributed by atoms with Gasteiger partial charge in [0.05, 0.1) is 11.3 Å². The highest BCUT2D eigenvalue weighted by Gasteiger charge is 2.47. The molecule has 2 amide bonds. The minimum Gasteiger partial charge on any atom is -0.294 e. The Balaban J connectivity index is 2.03. The molecule has 0 atom stereocenters. The molecule has 1 N–H and O–H groups in total. The van der Waals surface area contributed by atoms with E-state index in [1.165, 1.54) is 9.58 Å². The van der Waals surface area contributed by atoms with Gasteiger partial charge in [-0.1, -0.05) is 44.9 Å². The number of amides is 2. The molecule has 1 aliphatic heterocycles. The number of hydrogen-bond donors (Lipinski definition) is 1. The lowest BCUT2D eigenvalue weighted by Crippen LogP contribution is -2.41. The van der Waals surface area contributed by atoms with Crippen LogP contribution in [0.3, 0.4) is 0 Å². The number of imide groups is 1. The highest BCUT2D eigenvalue weighted by atomic mass is 35.5. The van der Waals surface area contributed by atoms with Gasteiger partial charge in [-0.25, -0.2) is 4.68 Å². The van der Waals surface area contributed by atoms with Crippen LogP contribution in [0, 0.1) is 19.8 Å². The predicted octanol–water partition coefficient (Wildman–Crippen LogP) is 4.07. The third-order valence-corrected chi connectivity index (χ3v) is 6.11. The summed E-state index contributed by atoms with van der Waals surface area (Å²) in [6, 6.07) is 8.93. The molecule has 0 aliphatic carbocycles. The van der Waals surface area contributed by atoms with Crippen molar-refractivity contribution in [3.63, 3.8) is 0 Å². The van der Waals surface area contributed by atoms with Gasteiger partial charge in [0.25, 0.3) is 17.2 Å². The number of H-pyrrole nitrogens is 1. The summed E-state index contributed by atoms with van der Waals surface area (Å²) in [5.41, 5.74) is 3.24. The second-order valence-corrected chi connectivity index (χ2v) is 9.91. The number of nitrogens with one attached hydrogen (secondary N) is 1. The van der Waals surface area contributed by atoms with Crippen LogP contribution in [-0.4, -0.2) is 33.0 Å². The number of halogens is 1. The normalized spacial score (nSPS) is 14.1. The number of nitrogens with zero attached hydrogens (tertiary/aromatic N) is 3. The van der Waals surface area contributed by atoms with Crippen molar-refractivity contribution in [1.29, 1.82) is 0 Å². The number of rotatable bonds is 7. The molecule has 0 unspecified atom stereocenters. The van der Waals surface area contributed by atoms with E-state index in [1.54, 1.807) is 28.8 Å². The molecule has 35 heavy (non-hydrogen) atoms. The van der Waals surface area contributed by atoms with Gasteiger partial charge in [-0.3, -0.25) is 24.4 Å².